The summed E-state index contributed by atoms with van der Waals surface area (Å²) in [6.07, 6.45) is 2.99. The Balaban J connectivity index is 1.62. The van der Waals surface area contributed by atoms with E-state index in [0.29, 0.717) is 10.1 Å². The Morgan fingerprint density at radius 3 is 2.42 bits per heavy atom. The number of aromatic nitrogens is 1. The van der Waals surface area contributed by atoms with Crippen molar-refractivity contribution in [3.63, 3.8) is 0 Å². The number of aliphatic imine (C=N–C) groups is 1. The minimum absolute atomic E-state index is 0.107. The van der Waals surface area contributed by atoms with E-state index in [2.05, 4.69) is 85.9 Å². The quantitative estimate of drug-likeness (QED) is 0.505. The summed E-state index contributed by atoms with van der Waals surface area (Å²) in [7, 11) is 0. The second-order valence-corrected chi connectivity index (χ2v) is 8.96. The normalized spacial score (nSPS) is 16.4. The lowest BCUT2D eigenvalue weighted by Crippen LogP contribution is -2.19. The fourth-order valence-corrected chi connectivity index (χ4v) is 4.58. The predicted octanol–water partition coefficient (Wildman–Crippen LogP) is 6.16. The van der Waals surface area contributed by atoms with Gasteiger partial charge in [-0.1, -0.05) is 25.1 Å². The molecule has 4 rings (SSSR count). The van der Waals surface area contributed by atoms with Gasteiger partial charge < -0.3 is 9.88 Å². The molecule has 5 heteroatoms. The van der Waals surface area contributed by atoms with Crippen molar-refractivity contribution < 1.29 is 4.79 Å². The fourth-order valence-electron chi connectivity index (χ4n) is 3.75. The molecular weight excluding hydrogens is 402 g/mol. The summed E-state index contributed by atoms with van der Waals surface area (Å²) in [5.74, 6) is -0.107. The lowest BCUT2D eigenvalue weighted by Gasteiger charge is -2.10. The average molecular weight is 430 g/mol. The van der Waals surface area contributed by atoms with Crippen LogP contribution in [0, 0.1) is 27.7 Å². The minimum Gasteiger partial charge on any atom is -0.318 e. The van der Waals surface area contributed by atoms with Crippen molar-refractivity contribution in [3.05, 3.63) is 87.1 Å². The largest absolute Gasteiger partial charge is 0.318 e. The van der Waals surface area contributed by atoms with E-state index >= 15 is 0 Å². The first-order valence-corrected chi connectivity index (χ1v) is 11.3. The number of hydrogen-bond donors (Lipinski definition) is 1. The third kappa shape index (κ3) is 4.37. The van der Waals surface area contributed by atoms with Gasteiger partial charge in [-0.2, -0.15) is 0 Å². The van der Waals surface area contributed by atoms with Crippen molar-refractivity contribution >= 4 is 34.6 Å². The maximum absolute atomic E-state index is 12.6. The highest BCUT2D eigenvalue weighted by Crippen LogP contribution is 2.31. The van der Waals surface area contributed by atoms with E-state index in [1.54, 1.807) is 0 Å². The Bertz CT molecular complexity index is 1220. The number of thioether (sulfide) groups is 1. The molecule has 2 aromatic carbocycles. The Morgan fingerprint density at radius 2 is 1.74 bits per heavy atom. The van der Waals surface area contributed by atoms with Gasteiger partial charge in [0.15, 0.2) is 5.17 Å². The fraction of sp³-hybridized carbons (Fsp3) is 0.231. The summed E-state index contributed by atoms with van der Waals surface area (Å²) in [5.41, 5.74) is 9.02. The molecular formula is C26H27N3OS. The average Bonchev–Trinajstić information content (AvgIpc) is 3.23. The van der Waals surface area contributed by atoms with E-state index in [4.69, 9.17) is 0 Å². The summed E-state index contributed by atoms with van der Waals surface area (Å²) in [4.78, 5) is 17.8. The van der Waals surface area contributed by atoms with E-state index in [9.17, 15) is 4.79 Å². The Kier molecular flexibility index (Phi) is 5.88. The number of amides is 1. The molecule has 0 saturated carbocycles. The molecule has 1 amide bonds. The summed E-state index contributed by atoms with van der Waals surface area (Å²) in [6, 6.07) is 16.8. The summed E-state index contributed by atoms with van der Waals surface area (Å²) < 4.78 is 2.23. The van der Waals surface area contributed by atoms with Gasteiger partial charge in [0.05, 0.1) is 10.6 Å². The van der Waals surface area contributed by atoms with Crippen molar-refractivity contribution in [2.24, 2.45) is 4.99 Å². The van der Waals surface area contributed by atoms with Crippen LogP contribution in [-0.4, -0.2) is 15.6 Å². The van der Waals surface area contributed by atoms with Crippen LogP contribution >= 0.6 is 11.8 Å². The van der Waals surface area contributed by atoms with Gasteiger partial charge >= 0.3 is 0 Å². The van der Waals surface area contributed by atoms with E-state index in [0.717, 1.165) is 34.7 Å². The van der Waals surface area contributed by atoms with Gasteiger partial charge in [0.1, 0.15) is 0 Å². The number of amidine groups is 1. The lowest BCUT2D eigenvalue weighted by atomic mass is 10.1. The van der Waals surface area contributed by atoms with Crippen molar-refractivity contribution in [2.75, 3.05) is 0 Å². The molecule has 4 nitrogen and oxygen atoms in total. The van der Waals surface area contributed by atoms with E-state index < -0.39 is 0 Å². The second kappa shape index (κ2) is 8.60. The predicted molar refractivity (Wildman–Crippen MR) is 131 cm³/mol. The first-order chi connectivity index (χ1) is 14.9. The molecule has 31 heavy (non-hydrogen) atoms. The van der Waals surface area contributed by atoms with Crippen LogP contribution in [0.3, 0.4) is 0 Å². The number of carbonyl (C=O) groups is 1. The highest BCUT2D eigenvalue weighted by molar-refractivity contribution is 8.18. The van der Waals surface area contributed by atoms with Crippen LogP contribution in [0.15, 0.2) is 58.4 Å². The zero-order valence-corrected chi connectivity index (χ0v) is 19.4. The molecule has 0 radical (unpaired) electrons. The molecule has 0 unspecified atom stereocenters. The molecule has 1 aliphatic heterocycles. The number of nitrogens with zero attached hydrogens (tertiary/aromatic N) is 2. The Hall–Kier alpha value is -3.05. The van der Waals surface area contributed by atoms with Gasteiger partial charge in [0.2, 0.25) is 0 Å². The molecule has 1 aromatic heterocycles. The molecule has 3 aromatic rings. The minimum atomic E-state index is -0.107. The van der Waals surface area contributed by atoms with Crippen molar-refractivity contribution in [2.45, 2.75) is 41.0 Å². The summed E-state index contributed by atoms with van der Waals surface area (Å²) in [5, 5.41) is 3.51. The van der Waals surface area contributed by atoms with E-state index in [1.807, 2.05) is 18.2 Å². The molecule has 158 valence electrons. The van der Waals surface area contributed by atoms with E-state index in [1.165, 1.54) is 28.5 Å². The van der Waals surface area contributed by atoms with Crippen LogP contribution in [0.5, 0.6) is 0 Å². The summed E-state index contributed by atoms with van der Waals surface area (Å²) >= 11 is 1.38. The van der Waals surface area contributed by atoms with Crippen molar-refractivity contribution in [3.8, 4) is 5.69 Å². The van der Waals surface area contributed by atoms with Crippen molar-refractivity contribution in [1.82, 2.24) is 9.88 Å². The smallest absolute Gasteiger partial charge is 0.264 e. The van der Waals surface area contributed by atoms with Gasteiger partial charge in [0.25, 0.3) is 5.91 Å². The van der Waals surface area contributed by atoms with Gasteiger partial charge in [-0.15, -0.1) is 0 Å². The van der Waals surface area contributed by atoms with Crippen LogP contribution in [0.4, 0.5) is 5.69 Å². The molecule has 1 saturated heterocycles. The summed E-state index contributed by atoms with van der Waals surface area (Å²) in [6.45, 7) is 10.5. The second-order valence-electron chi connectivity index (χ2n) is 7.93. The molecule has 1 N–H and O–H groups in total. The maximum atomic E-state index is 12.6. The number of hydrogen-bond acceptors (Lipinski definition) is 3. The maximum Gasteiger partial charge on any atom is 0.264 e. The number of nitrogens with one attached hydrogen (secondary N) is 1. The number of carbonyl (C=O) groups excluding carboxylic acids is 1. The third-order valence-corrected chi connectivity index (χ3v) is 6.64. The number of rotatable bonds is 4. The number of aryl methyl sites for hydroxylation is 4. The van der Waals surface area contributed by atoms with Crippen molar-refractivity contribution in [1.29, 1.82) is 0 Å². The monoisotopic (exact) mass is 429 g/mol. The highest BCUT2D eigenvalue weighted by Gasteiger charge is 2.24. The molecule has 1 aliphatic rings. The van der Waals surface area contributed by atoms with Gasteiger partial charge in [-0.3, -0.25) is 4.79 Å². The zero-order valence-electron chi connectivity index (χ0n) is 18.6. The Labute approximate surface area is 188 Å². The lowest BCUT2D eigenvalue weighted by molar-refractivity contribution is -0.115. The van der Waals surface area contributed by atoms with Gasteiger partial charge in [0, 0.05) is 17.1 Å². The van der Waals surface area contributed by atoms with Gasteiger partial charge in [-0.25, -0.2) is 4.99 Å². The molecule has 1 fully saturated rings. The first-order valence-electron chi connectivity index (χ1n) is 10.5. The molecule has 2 heterocycles. The van der Waals surface area contributed by atoms with Crippen LogP contribution in [0.25, 0.3) is 11.8 Å². The van der Waals surface area contributed by atoms with Crippen LogP contribution in [-0.2, 0) is 11.2 Å². The van der Waals surface area contributed by atoms with Crippen LogP contribution in [0.1, 0.15) is 40.6 Å². The highest BCUT2D eigenvalue weighted by atomic mass is 32.2. The first kappa shape index (κ1) is 21.2. The molecule has 0 bridgehead atoms. The SMILES string of the molecule is CCc1ccc(-n2c(C)cc(/C=C3\SC(=Nc4ccc(C)c(C)c4)NC3=O)c2C)cc1. The number of benzene rings is 2. The Morgan fingerprint density at radius 1 is 1.00 bits per heavy atom. The van der Waals surface area contributed by atoms with Crippen LogP contribution in [0.2, 0.25) is 0 Å². The topological polar surface area (TPSA) is 46.4 Å². The molecule has 0 spiro atoms. The standard InChI is InChI=1S/C26H27N3OS/c1-6-20-8-11-23(12-9-20)29-18(4)14-21(19(29)5)15-24-25(30)28-26(31-24)27-22-10-7-16(2)17(3)13-22/h7-15H,6H2,1-5H3,(H,27,28,30)/b24-15-. The van der Waals surface area contributed by atoms with E-state index in [-0.39, 0.29) is 5.91 Å². The van der Waals surface area contributed by atoms with Crippen LogP contribution < -0.4 is 5.32 Å². The zero-order chi connectivity index (χ0) is 22.1. The third-order valence-electron chi connectivity index (χ3n) is 5.73. The molecule has 0 atom stereocenters. The van der Waals surface area contributed by atoms with Gasteiger partial charge in [-0.05, 0) is 105 Å². The molecule has 0 aliphatic carbocycles.